The number of rotatable bonds is 4. The molecule has 6 nitrogen and oxygen atoms in total. The van der Waals surface area contributed by atoms with Crippen molar-refractivity contribution >= 4 is 10.0 Å². The summed E-state index contributed by atoms with van der Waals surface area (Å²) in [6.07, 6.45) is 6.41. The molecule has 2 aromatic carbocycles. The molecule has 33 heavy (non-hydrogen) atoms. The fourth-order valence-electron chi connectivity index (χ4n) is 5.16. The molecule has 1 saturated carbocycles. The zero-order chi connectivity index (χ0) is 23.2. The van der Waals surface area contributed by atoms with Gasteiger partial charge in [-0.1, -0.05) is 43.7 Å². The number of halogens is 1. The molecule has 3 aromatic rings. The Labute approximate surface area is 193 Å². The molecule has 5 rings (SSSR count). The number of para-hydroxylation sites is 1. The molecule has 1 fully saturated rings. The molecule has 4 bridgehead atoms. The first-order valence-corrected chi connectivity index (χ1v) is 13.1. The maximum Gasteiger partial charge on any atom is 0.208 e. The molecular weight excluding hydrogens is 443 g/mol. The lowest BCUT2D eigenvalue weighted by atomic mass is 9.62. The van der Waals surface area contributed by atoms with E-state index in [1.54, 1.807) is 12.3 Å². The Morgan fingerprint density at radius 2 is 2.03 bits per heavy atom. The van der Waals surface area contributed by atoms with Gasteiger partial charge in [0.2, 0.25) is 15.9 Å². The zero-order valence-electron chi connectivity index (χ0n) is 18.7. The second-order valence-electron chi connectivity index (χ2n) is 9.24. The normalized spacial score (nSPS) is 22.0. The van der Waals surface area contributed by atoms with Gasteiger partial charge >= 0.3 is 0 Å². The Balaban J connectivity index is 1.61. The Hall–Kier alpha value is -2.71. The standard InChI is InChI=1S/C25H27FN2O4S/c1-3-5-17-9-8-16-10-21(17)20-6-4-7-22(26)23(20)31-14-19-15-32-24(27-19)25(11-16)12-18(13-25)28-33(2,29)30/h4,6-10,15,18,28H,3,5,11-14H2,1-2H3. The van der Waals surface area contributed by atoms with Gasteiger partial charge < -0.3 is 9.15 Å². The number of hydrogen-bond donors (Lipinski definition) is 1. The number of aryl methyl sites for hydroxylation is 1. The summed E-state index contributed by atoms with van der Waals surface area (Å²) in [4.78, 5) is 4.65. The SMILES string of the molecule is CCCc1ccc2cc1-c1cccc(F)c1OCc1coc(n1)C1(C2)CC(NS(C)(=O)=O)C1. The summed E-state index contributed by atoms with van der Waals surface area (Å²) < 4.78 is 52.8. The molecule has 8 heteroatoms. The van der Waals surface area contributed by atoms with E-state index in [0.29, 0.717) is 30.8 Å². The van der Waals surface area contributed by atoms with Crippen LogP contribution in [0.4, 0.5) is 4.39 Å². The highest BCUT2D eigenvalue weighted by atomic mass is 32.2. The average Bonchev–Trinajstić information content (AvgIpc) is 3.20. The van der Waals surface area contributed by atoms with E-state index in [-0.39, 0.29) is 18.4 Å². The van der Waals surface area contributed by atoms with Gasteiger partial charge in [0, 0.05) is 11.6 Å². The fourth-order valence-corrected chi connectivity index (χ4v) is 5.93. The largest absolute Gasteiger partial charge is 0.483 e. The molecule has 1 aliphatic carbocycles. The maximum absolute atomic E-state index is 14.8. The summed E-state index contributed by atoms with van der Waals surface area (Å²) in [6, 6.07) is 11.2. The van der Waals surface area contributed by atoms with Crippen LogP contribution in [0, 0.1) is 5.82 Å². The van der Waals surface area contributed by atoms with Crippen molar-refractivity contribution in [1.29, 1.82) is 0 Å². The number of ether oxygens (including phenoxy) is 1. The van der Waals surface area contributed by atoms with Crippen LogP contribution < -0.4 is 9.46 Å². The van der Waals surface area contributed by atoms with E-state index >= 15 is 0 Å². The van der Waals surface area contributed by atoms with Crippen molar-refractivity contribution in [2.75, 3.05) is 6.26 Å². The molecule has 0 amide bonds. The van der Waals surface area contributed by atoms with Gasteiger partial charge in [0.05, 0.1) is 11.7 Å². The topological polar surface area (TPSA) is 81.4 Å². The van der Waals surface area contributed by atoms with Crippen LogP contribution in [-0.4, -0.2) is 25.7 Å². The number of nitrogens with one attached hydrogen (secondary N) is 1. The van der Waals surface area contributed by atoms with Gasteiger partial charge in [-0.3, -0.25) is 0 Å². The molecule has 1 aromatic heterocycles. The highest BCUT2D eigenvalue weighted by molar-refractivity contribution is 7.88. The van der Waals surface area contributed by atoms with Crippen molar-refractivity contribution in [2.24, 2.45) is 0 Å². The molecule has 1 aliphatic heterocycles. The maximum atomic E-state index is 14.8. The summed E-state index contributed by atoms with van der Waals surface area (Å²) in [6.45, 7) is 2.21. The molecule has 2 heterocycles. The van der Waals surface area contributed by atoms with Gasteiger partial charge in [-0.25, -0.2) is 22.5 Å². The van der Waals surface area contributed by atoms with E-state index in [9.17, 15) is 12.8 Å². The van der Waals surface area contributed by atoms with Crippen LogP contribution in [0.2, 0.25) is 0 Å². The van der Waals surface area contributed by atoms with E-state index in [0.717, 1.165) is 35.1 Å². The monoisotopic (exact) mass is 470 g/mol. The minimum atomic E-state index is -3.30. The number of nitrogens with zero attached hydrogens (tertiary/aromatic N) is 1. The van der Waals surface area contributed by atoms with Crippen molar-refractivity contribution in [2.45, 2.75) is 57.1 Å². The Morgan fingerprint density at radius 3 is 2.79 bits per heavy atom. The van der Waals surface area contributed by atoms with Crippen LogP contribution in [0.3, 0.4) is 0 Å². The predicted molar refractivity (Wildman–Crippen MR) is 123 cm³/mol. The van der Waals surface area contributed by atoms with Crippen molar-refractivity contribution in [3.05, 3.63) is 71.2 Å². The highest BCUT2D eigenvalue weighted by Crippen LogP contribution is 2.47. The number of aromatic nitrogens is 1. The molecule has 0 radical (unpaired) electrons. The van der Waals surface area contributed by atoms with Crippen LogP contribution in [0.5, 0.6) is 5.75 Å². The Kier molecular flexibility index (Phi) is 5.53. The lowest BCUT2D eigenvalue weighted by Crippen LogP contribution is -2.54. The Morgan fingerprint density at radius 1 is 1.21 bits per heavy atom. The fraction of sp³-hybridized carbons (Fsp3) is 0.400. The van der Waals surface area contributed by atoms with Gasteiger partial charge in [-0.05, 0) is 48.4 Å². The molecule has 174 valence electrons. The number of benzene rings is 2. The van der Waals surface area contributed by atoms with Crippen molar-refractivity contribution in [3.63, 3.8) is 0 Å². The van der Waals surface area contributed by atoms with Gasteiger partial charge in [0.1, 0.15) is 18.6 Å². The molecule has 0 saturated heterocycles. The highest BCUT2D eigenvalue weighted by Gasteiger charge is 2.50. The van der Waals surface area contributed by atoms with Gasteiger partial charge in [0.25, 0.3) is 0 Å². The van der Waals surface area contributed by atoms with Crippen LogP contribution >= 0.6 is 0 Å². The van der Waals surface area contributed by atoms with Gasteiger partial charge in [0.15, 0.2) is 11.6 Å². The van der Waals surface area contributed by atoms with Gasteiger partial charge in [-0.15, -0.1) is 0 Å². The second-order valence-corrected chi connectivity index (χ2v) is 11.0. The van der Waals surface area contributed by atoms with E-state index < -0.39 is 21.3 Å². The molecule has 1 spiro atoms. The summed E-state index contributed by atoms with van der Waals surface area (Å²) in [5.74, 6) is 0.375. The third-order valence-corrected chi connectivity index (χ3v) is 7.28. The summed E-state index contributed by atoms with van der Waals surface area (Å²) >= 11 is 0. The van der Waals surface area contributed by atoms with Crippen LogP contribution in [0.15, 0.2) is 47.1 Å². The van der Waals surface area contributed by atoms with Crippen LogP contribution in [-0.2, 0) is 34.9 Å². The molecule has 1 N–H and O–H groups in total. The third kappa shape index (κ3) is 4.29. The van der Waals surface area contributed by atoms with E-state index in [1.807, 2.05) is 6.07 Å². The minimum Gasteiger partial charge on any atom is -0.483 e. The van der Waals surface area contributed by atoms with Crippen molar-refractivity contribution in [3.8, 4) is 16.9 Å². The predicted octanol–water partition coefficient (Wildman–Crippen LogP) is 4.52. The number of fused-ring (bicyclic) bond motifs is 7. The van der Waals surface area contributed by atoms with E-state index in [1.165, 1.54) is 12.3 Å². The van der Waals surface area contributed by atoms with E-state index in [4.69, 9.17) is 9.15 Å². The number of hydrogen-bond acceptors (Lipinski definition) is 5. The third-order valence-electron chi connectivity index (χ3n) is 6.52. The first kappa shape index (κ1) is 22.1. The van der Waals surface area contributed by atoms with Gasteiger partial charge in [-0.2, -0.15) is 0 Å². The molecule has 0 unspecified atom stereocenters. The summed E-state index contributed by atoms with van der Waals surface area (Å²) in [5.41, 5.74) is 4.07. The average molecular weight is 471 g/mol. The van der Waals surface area contributed by atoms with Crippen LogP contribution in [0.1, 0.15) is 48.9 Å². The lowest BCUT2D eigenvalue weighted by molar-refractivity contribution is 0.149. The van der Waals surface area contributed by atoms with Crippen LogP contribution in [0.25, 0.3) is 11.1 Å². The zero-order valence-corrected chi connectivity index (χ0v) is 19.5. The molecule has 2 aliphatic rings. The van der Waals surface area contributed by atoms with E-state index in [2.05, 4.69) is 34.8 Å². The first-order chi connectivity index (χ1) is 15.8. The van der Waals surface area contributed by atoms with Crippen molar-refractivity contribution in [1.82, 2.24) is 9.71 Å². The smallest absolute Gasteiger partial charge is 0.208 e. The first-order valence-electron chi connectivity index (χ1n) is 11.2. The minimum absolute atomic E-state index is 0.0847. The number of sulfonamides is 1. The lowest BCUT2D eigenvalue weighted by Gasteiger charge is -2.45. The molecule has 0 atom stereocenters. The van der Waals surface area contributed by atoms with Crippen molar-refractivity contribution < 1.29 is 22.0 Å². The summed E-state index contributed by atoms with van der Waals surface area (Å²) in [7, 11) is -3.30. The number of oxazole rings is 1. The molecular formula is C25H27FN2O4S. The quantitative estimate of drug-likeness (QED) is 0.606. The summed E-state index contributed by atoms with van der Waals surface area (Å²) in [5, 5.41) is 0. The second kappa shape index (κ2) is 8.25. The Bertz CT molecular complexity index is 1300.